The third kappa shape index (κ3) is 3.57. The molecule has 1 aromatic carbocycles. The van der Waals surface area contributed by atoms with Crippen molar-refractivity contribution in [2.45, 2.75) is 33.7 Å². The van der Waals surface area contributed by atoms with Gasteiger partial charge in [-0.05, 0) is 26.0 Å². The van der Waals surface area contributed by atoms with Crippen molar-refractivity contribution in [2.24, 2.45) is 5.92 Å². The summed E-state index contributed by atoms with van der Waals surface area (Å²) in [5.41, 5.74) is 0.853. The molecule has 0 atom stereocenters. The first-order valence-corrected chi connectivity index (χ1v) is 5.58. The van der Waals surface area contributed by atoms with Gasteiger partial charge in [0.15, 0.2) is 5.75 Å². The maximum atomic E-state index is 11.5. The zero-order valence-electron chi connectivity index (χ0n) is 10.3. The molecule has 0 aliphatic rings. The van der Waals surface area contributed by atoms with Gasteiger partial charge in [-0.25, -0.2) is 0 Å². The first kappa shape index (κ1) is 12.6. The standard InChI is InChI=1S/C13H19NO2/c1-9(2)13(15)16-12-8-6-5-7-11(12)14-10(3)4/h5-10,14H,1-4H3. The van der Waals surface area contributed by atoms with Crippen LogP contribution in [0.15, 0.2) is 24.3 Å². The molecule has 0 saturated carbocycles. The predicted octanol–water partition coefficient (Wildman–Crippen LogP) is 3.07. The van der Waals surface area contributed by atoms with Crippen LogP contribution in [0.4, 0.5) is 5.69 Å². The van der Waals surface area contributed by atoms with E-state index in [1.165, 1.54) is 0 Å². The molecule has 88 valence electrons. The van der Waals surface area contributed by atoms with Crippen LogP contribution in [-0.4, -0.2) is 12.0 Å². The van der Waals surface area contributed by atoms with Crippen LogP contribution in [0.25, 0.3) is 0 Å². The van der Waals surface area contributed by atoms with Gasteiger partial charge in [-0.3, -0.25) is 4.79 Å². The minimum atomic E-state index is -0.210. The molecule has 0 saturated heterocycles. The molecule has 3 nitrogen and oxygen atoms in total. The Morgan fingerprint density at radius 1 is 1.19 bits per heavy atom. The number of hydrogen-bond acceptors (Lipinski definition) is 3. The summed E-state index contributed by atoms with van der Waals surface area (Å²) < 4.78 is 5.31. The smallest absolute Gasteiger partial charge is 0.313 e. The van der Waals surface area contributed by atoms with Crippen LogP contribution < -0.4 is 10.1 Å². The molecule has 0 aliphatic heterocycles. The lowest BCUT2D eigenvalue weighted by molar-refractivity contribution is -0.137. The maximum absolute atomic E-state index is 11.5. The molecule has 0 unspecified atom stereocenters. The van der Waals surface area contributed by atoms with E-state index in [0.717, 1.165) is 5.69 Å². The Balaban J connectivity index is 2.82. The molecule has 0 fully saturated rings. The minimum Gasteiger partial charge on any atom is -0.424 e. The van der Waals surface area contributed by atoms with Crippen molar-refractivity contribution in [3.63, 3.8) is 0 Å². The summed E-state index contributed by atoms with van der Waals surface area (Å²) in [7, 11) is 0. The number of benzene rings is 1. The molecule has 0 bridgehead atoms. The molecule has 1 rings (SSSR count). The van der Waals surface area contributed by atoms with E-state index in [-0.39, 0.29) is 11.9 Å². The Kier molecular flexibility index (Phi) is 4.35. The third-order valence-electron chi connectivity index (χ3n) is 2.01. The van der Waals surface area contributed by atoms with E-state index in [9.17, 15) is 4.79 Å². The first-order valence-electron chi connectivity index (χ1n) is 5.58. The Morgan fingerprint density at radius 2 is 1.81 bits per heavy atom. The number of ether oxygens (including phenoxy) is 1. The van der Waals surface area contributed by atoms with Gasteiger partial charge in [-0.15, -0.1) is 0 Å². The molecule has 0 radical (unpaired) electrons. The van der Waals surface area contributed by atoms with Gasteiger partial charge < -0.3 is 10.1 Å². The van der Waals surface area contributed by atoms with Gasteiger partial charge in [-0.1, -0.05) is 26.0 Å². The van der Waals surface area contributed by atoms with E-state index in [2.05, 4.69) is 5.32 Å². The van der Waals surface area contributed by atoms with Crippen LogP contribution in [0.1, 0.15) is 27.7 Å². The van der Waals surface area contributed by atoms with Crippen molar-refractivity contribution in [2.75, 3.05) is 5.32 Å². The van der Waals surface area contributed by atoms with Crippen molar-refractivity contribution in [3.8, 4) is 5.75 Å². The molecule has 0 aromatic heterocycles. The number of hydrogen-bond donors (Lipinski definition) is 1. The fourth-order valence-corrected chi connectivity index (χ4v) is 1.21. The highest BCUT2D eigenvalue weighted by Crippen LogP contribution is 2.25. The quantitative estimate of drug-likeness (QED) is 0.627. The summed E-state index contributed by atoms with van der Waals surface area (Å²) >= 11 is 0. The van der Waals surface area contributed by atoms with Crippen molar-refractivity contribution in [1.82, 2.24) is 0 Å². The Bertz CT molecular complexity index is 359. The molecule has 16 heavy (non-hydrogen) atoms. The largest absolute Gasteiger partial charge is 0.424 e. The van der Waals surface area contributed by atoms with E-state index in [0.29, 0.717) is 11.8 Å². The Morgan fingerprint density at radius 3 is 2.38 bits per heavy atom. The highest BCUT2D eigenvalue weighted by Gasteiger charge is 2.12. The SMILES string of the molecule is CC(C)Nc1ccccc1OC(=O)C(C)C. The number of anilines is 1. The van der Waals surface area contributed by atoms with Gasteiger partial charge in [0.1, 0.15) is 0 Å². The zero-order valence-corrected chi connectivity index (χ0v) is 10.3. The highest BCUT2D eigenvalue weighted by molar-refractivity contribution is 5.76. The second-order valence-electron chi connectivity index (χ2n) is 4.37. The van der Waals surface area contributed by atoms with Gasteiger partial charge in [0, 0.05) is 6.04 Å². The summed E-state index contributed by atoms with van der Waals surface area (Å²) in [4.78, 5) is 11.5. The highest BCUT2D eigenvalue weighted by atomic mass is 16.5. The topological polar surface area (TPSA) is 38.3 Å². The lowest BCUT2D eigenvalue weighted by Crippen LogP contribution is -2.17. The van der Waals surface area contributed by atoms with Crippen LogP contribution in [-0.2, 0) is 4.79 Å². The Hall–Kier alpha value is -1.51. The van der Waals surface area contributed by atoms with Gasteiger partial charge >= 0.3 is 5.97 Å². The van der Waals surface area contributed by atoms with Crippen molar-refractivity contribution in [1.29, 1.82) is 0 Å². The monoisotopic (exact) mass is 221 g/mol. The second-order valence-corrected chi connectivity index (χ2v) is 4.37. The number of nitrogens with one attached hydrogen (secondary N) is 1. The maximum Gasteiger partial charge on any atom is 0.313 e. The number of carbonyl (C=O) groups excluding carboxylic acids is 1. The summed E-state index contributed by atoms with van der Waals surface area (Å²) in [6, 6.07) is 7.78. The summed E-state index contributed by atoms with van der Waals surface area (Å²) in [5.74, 6) is 0.264. The molecule has 3 heteroatoms. The van der Waals surface area contributed by atoms with Crippen LogP contribution >= 0.6 is 0 Å². The summed E-state index contributed by atoms with van der Waals surface area (Å²) in [6.45, 7) is 7.73. The fraction of sp³-hybridized carbons (Fsp3) is 0.462. The average Bonchev–Trinajstić information content (AvgIpc) is 2.20. The Labute approximate surface area is 96.8 Å². The molecule has 1 N–H and O–H groups in total. The second kappa shape index (κ2) is 5.54. The third-order valence-corrected chi connectivity index (χ3v) is 2.01. The number of para-hydroxylation sites is 2. The molecule has 1 aromatic rings. The van der Waals surface area contributed by atoms with Crippen LogP contribution in [0.3, 0.4) is 0 Å². The molecular formula is C13H19NO2. The van der Waals surface area contributed by atoms with Gasteiger partial charge in [-0.2, -0.15) is 0 Å². The molecule has 0 aliphatic carbocycles. The van der Waals surface area contributed by atoms with E-state index in [1.54, 1.807) is 6.07 Å². The van der Waals surface area contributed by atoms with Crippen LogP contribution in [0, 0.1) is 5.92 Å². The predicted molar refractivity (Wildman–Crippen MR) is 65.7 cm³/mol. The minimum absolute atomic E-state index is 0.118. The van der Waals surface area contributed by atoms with Gasteiger partial charge in [0.2, 0.25) is 0 Å². The van der Waals surface area contributed by atoms with Crippen molar-refractivity contribution in [3.05, 3.63) is 24.3 Å². The van der Waals surface area contributed by atoms with E-state index in [1.807, 2.05) is 45.9 Å². The zero-order chi connectivity index (χ0) is 12.1. The molecular weight excluding hydrogens is 202 g/mol. The lowest BCUT2D eigenvalue weighted by Gasteiger charge is -2.15. The molecule has 0 spiro atoms. The summed E-state index contributed by atoms with van der Waals surface area (Å²) in [5, 5.41) is 3.24. The number of rotatable bonds is 4. The normalized spacial score (nSPS) is 10.6. The average molecular weight is 221 g/mol. The van der Waals surface area contributed by atoms with E-state index >= 15 is 0 Å². The van der Waals surface area contributed by atoms with E-state index in [4.69, 9.17) is 4.74 Å². The lowest BCUT2D eigenvalue weighted by atomic mass is 10.2. The number of esters is 1. The fourth-order valence-electron chi connectivity index (χ4n) is 1.21. The van der Waals surface area contributed by atoms with Crippen LogP contribution in [0.2, 0.25) is 0 Å². The summed E-state index contributed by atoms with van der Waals surface area (Å²) in [6.07, 6.45) is 0. The van der Waals surface area contributed by atoms with Gasteiger partial charge in [0.05, 0.1) is 11.6 Å². The molecule has 0 amide bonds. The van der Waals surface area contributed by atoms with Crippen molar-refractivity contribution >= 4 is 11.7 Å². The number of carbonyl (C=O) groups is 1. The first-order chi connectivity index (χ1) is 7.50. The van der Waals surface area contributed by atoms with Crippen LogP contribution in [0.5, 0.6) is 5.75 Å². The van der Waals surface area contributed by atoms with E-state index < -0.39 is 0 Å². The molecule has 0 heterocycles. The van der Waals surface area contributed by atoms with Crippen molar-refractivity contribution < 1.29 is 9.53 Å². The van der Waals surface area contributed by atoms with Gasteiger partial charge in [0.25, 0.3) is 0 Å².